The topological polar surface area (TPSA) is 43.6 Å². The fourth-order valence-corrected chi connectivity index (χ4v) is 8.37. The molecule has 276 valence electrons. The van der Waals surface area contributed by atoms with Crippen LogP contribution in [0.15, 0.2) is 218 Å². The fraction of sp³-hybridized carbons (Fsp3) is 0. The Morgan fingerprint density at radius 3 is 1.46 bits per heavy atom. The smallest absolute Gasteiger partial charge is 0.166 e. The second kappa shape index (κ2) is 14.5. The monoisotopic (exact) mass is 752 g/mol. The summed E-state index contributed by atoms with van der Waals surface area (Å²) in [5, 5.41) is 4.83. The highest BCUT2D eigenvalue weighted by Gasteiger charge is 2.21. The third-order valence-electron chi connectivity index (χ3n) is 11.3. The molecule has 0 aliphatic heterocycles. The molecule has 0 bridgehead atoms. The summed E-state index contributed by atoms with van der Waals surface area (Å²) in [5.41, 5.74) is 12.7. The summed E-state index contributed by atoms with van der Waals surface area (Å²) in [5.74, 6) is 1.82. The molecule has 0 radical (unpaired) electrons. The van der Waals surface area contributed by atoms with Gasteiger partial charge in [-0.25, -0.2) is 15.0 Å². The minimum absolute atomic E-state index is 0.600. The maximum absolute atomic E-state index is 5.38. The fourth-order valence-electron chi connectivity index (χ4n) is 8.37. The predicted molar refractivity (Wildman–Crippen MR) is 244 cm³/mol. The van der Waals surface area contributed by atoms with Gasteiger partial charge in [-0.1, -0.05) is 188 Å². The van der Waals surface area contributed by atoms with Crippen LogP contribution in [0.4, 0.5) is 0 Å². The number of hydrogen-bond donors (Lipinski definition) is 0. The maximum Gasteiger partial charge on any atom is 0.166 e. The highest BCUT2D eigenvalue weighted by molar-refractivity contribution is 6.09. The molecule has 0 aliphatic rings. The first-order valence-electron chi connectivity index (χ1n) is 19.9. The summed E-state index contributed by atoms with van der Waals surface area (Å²) in [6.45, 7) is 0. The van der Waals surface area contributed by atoms with Crippen molar-refractivity contribution >= 4 is 32.6 Å². The van der Waals surface area contributed by atoms with Crippen LogP contribution in [0, 0.1) is 0 Å². The average Bonchev–Trinajstić information content (AvgIpc) is 3.66. The molecule has 0 fully saturated rings. The first-order valence-corrected chi connectivity index (χ1v) is 19.9. The Morgan fingerprint density at radius 2 is 0.746 bits per heavy atom. The van der Waals surface area contributed by atoms with Crippen molar-refractivity contribution in [2.45, 2.75) is 0 Å². The normalized spacial score (nSPS) is 11.4. The van der Waals surface area contributed by atoms with Gasteiger partial charge >= 0.3 is 0 Å². The van der Waals surface area contributed by atoms with E-state index in [2.05, 4.69) is 217 Å². The first-order chi connectivity index (χ1) is 29.2. The lowest BCUT2D eigenvalue weighted by atomic mass is 9.98. The average molecular weight is 753 g/mol. The second-order valence-corrected chi connectivity index (χ2v) is 14.8. The van der Waals surface area contributed by atoms with E-state index in [-0.39, 0.29) is 0 Å². The van der Waals surface area contributed by atoms with E-state index in [4.69, 9.17) is 15.0 Å². The van der Waals surface area contributed by atoms with E-state index in [0.717, 1.165) is 61.2 Å². The van der Waals surface area contributed by atoms with Crippen molar-refractivity contribution in [1.82, 2.24) is 19.5 Å². The molecule has 59 heavy (non-hydrogen) atoms. The third kappa shape index (κ3) is 6.24. The summed E-state index contributed by atoms with van der Waals surface area (Å²) >= 11 is 0. The summed E-state index contributed by atoms with van der Waals surface area (Å²) in [6, 6.07) is 77.0. The van der Waals surface area contributed by atoms with E-state index in [1.165, 1.54) is 27.1 Å². The van der Waals surface area contributed by atoms with Gasteiger partial charge < -0.3 is 4.57 Å². The molecule has 0 amide bonds. The Bertz CT molecular complexity index is 3260. The molecule has 11 rings (SSSR count). The van der Waals surface area contributed by atoms with Crippen LogP contribution in [0.3, 0.4) is 0 Å². The molecule has 0 N–H and O–H groups in total. The largest absolute Gasteiger partial charge is 0.308 e. The number of fused-ring (bicyclic) bond motifs is 4. The van der Waals surface area contributed by atoms with Gasteiger partial charge in [0.15, 0.2) is 17.5 Å². The van der Waals surface area contributed by atoms with Crippen molar-refractivity contribution in [1.29, 1.82) is 0 Å². The predicted octanol–water partition coefficient (Wildman–Crippen LogP) is 14.1. The van der Waals surface area contributed by atoms with Crippen molar-refractivity contribution in [2.24, 2.45) is 0 Å². The van der Waals surface area contributed by atoms with Gasteiger partial charge in [-0.3, -0.25) is 0 Å². The summed E-state index contributed by atoms with van der Waals surface area (Å²) in [6.07, 6.45) is 0. The highest BCUT2D eigenvalue weighted by Crippen LogP contribution is 2.39. The Morgan fingerprint density at radius 1 is 0.271 bits per heavy atom. The summed E-state index contributed by atoms with van der Waals surface area (Å²) < 4.78 is 2.37. The van der Waals surface area contributed by atoms with Crippen molar-refractivity contribution in [2.75, 3.05) is 0 Å². The van der Waals surface area contributed by atoms with E-state index in [0.29, 0.717) is 17.5 Å². The van der Waals surface area contributed by atoms with Crippen LogP contribution < -0.4 is 0 Å². The van der Waals surface area contributed by atoms with Crippen molar-refractivity contribution in [3.63, 3.8) is 0 Å². The minimum atomic E-state index is 0.600. The van der Waals surface area contributed by atoms with E-state index in [1.807, 2.05) is 6.07 Å². The number of para-hydroxylation sites is 2. The van der Waals surface area contributed by atoms with Gasteiger partial charge in [0.05, 0.1) is 16.7 Å². The van der Waals surface area contributed by atoms with Crippen LogP contribution in [0.1, 0.15) is 0 Å². The molecule has 4 heteroatoms. The van der Waals surface area contributed by atoms with Crippen molar-refractivity contribution < 1.29 is 0 Å². The summed E-state index contributed by atoms with van der Waals surface area (Å²) in [7, 11) is 0. The zero-order valence-corrected chi connectivity index (χ0v) is 32.1. The summed E-state index contributed by atoms with van der Waals surface area (Å²) in [4.78, 5) is 16.0. The minimum Gasteiger partial charge on any atom is -0.308 e. The van der Waals surface area contributed by atoms with E-state index in [9.17, 15) is 0 Å². The van der Waals surface area contributed by atoms with E-state index in [1.54, 1.807) is 0 Å². The maximum atomic E-state index is 5.38. The van der Waals surface area contributed by atoms with Crippen LogP contribution in [0.25, 0.3) is 106 Å². The molecule has 2 aromatic heterocycles. The lowest BCUT2D eigenvalue weighted by Crippen LogP contribution is -2.04. The number of rotatable bonds is 7. The van der Waals surface area contributed by atoms with Gasteiger partial charge in [0.2, 0.25) is 0 Å². The molecular formula is C55H36N4. The molecule has 9 aromatic carbocycles. The number of benzene rings is 9. The molecule has 0 atom stereocenters. The Labute approximate surface area is 342 Å². The van der Waals surface area contributed by atoms with E-state index < -0.39 is 0 Å². The van der Waals surface area contributed by atoms with Crippen molar-refractivity contribution in [3.8, 4) is 73.2 Å². The molecule has 0 saturated heterocycles. The van der Waals surface area contributed by atoms with Gasteiger partial charge in [-0.05, 0) is 74.5 Å². The first kappa shape index (κ1) is 34.3. The number of nitrogens with zero attached hydrogens (tertiary/aromatic N) is 4. The van der Waals surface area contributed by atoms with Crippen molar-refractivity contribution in [3.05, 3.63) is 218 Å². The standard InChI is InChI=1S/C55H36N4/c1-3-15-37(16-4-1)44-33-34-49(52(36-44)59-50-25-13-11-22-46(50)47-23-12-14-26-51(47)59)55-57-53(56-54(58-55)48-24-10-9-21-45(48)40-18-5-2-6-19-40)41-30-27-39(28-31-41)43-32-29-38-17-7-8-20-42(38)35-43/h1-36H. The van der Waals surface area contributed by atoms with Crippen LogP contribution in [-0.2, 0) is 0 Å². The van der Waals surface area contributed by atoms with Crippen LogP contribution in [0.2, 0.25) is 0 Å². The molecule has 0 saturated carbocycles. The Hall–Kier alpha value is -7.95. The lowest BCUT2D eigenvalue weighted by molar-refractivity contribution is 1.06. The molecule has 0 spiro atoms. The molecule has 0 unspecified atom stereocenters. The Kier molecular flexibility index (Phi) is 8.45. The van der Waals surface area contributed by atoms with E-state index >= 15 is 0 Å². The molecule has 4 nitrogen and oxygen atoms in total. The third-order valence-corrected chi connectivity index (χ3v) is 11.3. The van der Waals surface area contributed by atoms with Crippen LogP contribution >= 0.6 is 0 Å². The SMILES string of the molecule is c1ccc(-c2ccc(-c3nc(-c4ccc(-c5ccc6ccccc6c5)cc4)nc(-c4ccccc4-c4ccccc4)n3)c(-n3c4ccccc4c4ccccc43)c2)cc1. The van der Waals surface area contributed by atoms with Gasteiger partial charge in [-0.2, -0.15) is 0 Å². The van der Waals surface area contributed by atoms with Crippen LogP contribution in [0.5, 0.6) is 0 Å². The Balaban J connectivity index is 1.14. The van der Waals surface area contributed by atoms with Crippen LogP contribution in [-0.4, -0.2) is 19.5 Å². The quantitative estimate of drug-likeness (QED) is 0.163. The molecule has 0 aliphatic carbocycles. The van der Waals surface area contributed by atoms with Gasteiger partial charge in [0.1, 0.15) is 0 Å². The molecular weight excluding hydrogens is 717 g/mol. The molecule has 11 aromatic rings. The van der Waals surface area contributed by atoms with Gasteiger partial charge in [-0.15, -0.1) is 0 Å². The lowest BCUT2D eigenvalue weighted by Gasteiger charge is -2.17. The zero-order chi connectivity index (χ0) is 39.1. The van der Waals surface area contributed by atoms with Gasteiger partial charge in [0.25, 0.3) is 0 Å². The highest BCUT2D eigenvalue weighted by atomic mass is 15.1. The number of hydrogen-bond acceptors (Lipinski definition) is 3. The number of aromatic nitrogens is 4. The van der Waals surface area contributed by atoms with Gasteiger partial charge in [0, 0.05) is 27.5 Å². The zero-order valence-electron chi connectivity index (χ0n) is 32.1. The molecule has 2 heterocycles. The second-order valence-electron chi connectivity index (χ2n) is 14.8.